The van der Waals surface area contributed by atoms with E-state index in [1.54, 1.807) is 0 Å². The van der Waals surface area contributed by atoms with Crippen molar-refractivity contribution in [2.24, 2.45) is 0 Å². The summed E-state index contributed by atoms with van der Waals surface area (Å²) in [6, 6.07) is 2.11. The van der Waals surface area contributed by atoms with Crippen LogP contribution in [0.15, 0.2) is 17.6 Å². The van der Waals surface area contributed by atoms with Crippen LogP contribution in [0.3, 0.4) is 0 Å². The summed E-state index contributed by atoms with van der Waals surface area (Å²) in [5, 5.41) is 13.8. The Hall–Kier alpha value is -1.27. The van der Waals surface area contributed by atoms with Gasteiger partial charge in [-0.3, -0.25) is 4.68 Å². The van der Waals surface area contributed by atoms with Crippen LogP contribution in [0.2, 0.25) is 0 Å². The number of hydrogen-bond acceptors (Lipinski definition) is 5. The number of nitrogens with zero attached hydrogens (tertiary/aromatic N) is 4. The van der Waals surface area contributed by atoms with Crippen LogP contribution in [0.5, 0.6) is 0 Å². The fourth-order valence-corrected chi connectivity index (χ4v) is 2.19. The van der Waals surface area contributed by atoms with Crippen LogP contribution >= 0.6 is 11.5 Å². The van der Waals surface area contributed by atoms with Crippen LogP contribution < -0.4 is 5.32 Å². The van der Waals surface area contributed by atoms with Gasteiger partial charge in [-0.05, 0) is 31.1 Å². The van der Waals surface area contributed by atoms with Gasteiger partial charge >= 0.3 is 0 Å². The molecule has 0 fully saturated rings. The van der Waals surface area contributed by atoms with Crippen LogP contribution in [0.1, 0.15) is 31.3 Å². The Morgan fingerprint density at radius 2 is 2.38 bits per heavy atom. The minimum atomic E-state index is 0.0891. The van der Waals surface area contributed by atoms with E-state index in [0.717, 1.165) is 24.5 Å². The van der Waals surface area contributed by atoms with Crippen LogP contribution in [0.4, 0.5) is 0 Å². The minimum Gasteiger partial charge on any atom is -0.304 e. The highest BCUT2D eigenvalue weighted by Crippen LogP contribution is 2.20. The van der Waals surface area contributed by atoms with Gasteiger partial charge < -0.3 is 5.32 Å². The zero-order chi connectivity index (χ0) is 11.4. The molecule has 1 unspecified atom stereocenters. The Morgan fingerprint density at radius 3 is 3.00 bits per heavy atom. The van der Waals surface area contributed by atoms with Gasteiger partial charge in [-0.15, -0.1) is 5.10 Å². The number of hydrogen-bond donors (Lipinski definition) is 1. The van der Waals surface area contributed by atoms with E-state index in [1.807, 2.05) is 22.3 Å². The predicted molar refractivity (Wildman–Crippen MR) is 63.3 cm³/mol. The largest absolute Gasteiger partial charge is 0.304 e. The molecule has 0 aliphatic carbocycles. The molecular weight excluding hydrogens is 222 g/mol. The minimum absolute atomic E-state index is 0.0891. The van der Waals surface area contributed by atoms with E-state index >= 15 is 0 Å². The van der Waals surface area contributed by atoms with Crippen molar-refractivity contribution in [3.8, 4) is 0 Å². The number of aromatic nitrogens is 4. The quantitative estimate of drug-likeness (QED) is 0.855. The van der Waals surface area contributed by atoms with Gasteiger partial charge in [0.15, 0.2) is 0 Å². The van der Waals surface area contributed by atoms with E-state index < -0.39 is 0 Å². The lowest BCUT2D eigenvalue weighted by Gasteiger charge is -2.16. The Balaban J connectivity index is 2.33. The second-order valence-electron chi connectivity index (χ2n) is 3.39. The Labute approximate surface area is 98.7 Å². The van der Waals surface area contributed by atoms with Gasteiger partial charge in [0.2, 0.25) is 0 Å². The predicted octanol–water partition coefficient (Wildman–Crippen LogP) is 1.45. The first kappa shape index (κ1) is 11.2. The molecule has 0 bridgehead atoms. The Morgan fingerprint density at radius 1 is 1.50 bits per heavy atom. The van der Waals surface area contributed by atoms with Crippen LogP contribution in [0.25, 0.3) is 0 Å². The van der Waals surface area contributed by atoms with Crippen molar-refractivity contribution in [2.45, 2.75) is 26.4 Å². The SMILES string of the molecule is CCNC(c1csnn1)c1ccnn1CC. The molecule has 0 amide bonds. The second kappa shape index (κ2) is 5.18. The van der Waals surface area contributed by atoms with Crippen LogP contribution in [-0.4, -0.2) is 25.9 Å². The van der Waals surface area contributed by atoms with Crippen molar-refractivity contribution < 1.29 is 0 Å². The summed E-state index contributed by atoms with van der Waals surface area (Å²) >= 11 is 1.37. The topological polar surface area (TPSA) is 55.6 Å². The van der Waals surface area contributed by atoms with E-state index in [-0.39, 0.29) is 6.04 Å². The second-order valence-corrected chi connectivity index (χ2v) is 4.00. The van der Waals surface area contributed by atoms with E-state index in [2.05, 4.69) is 33.8 Å². The first-order chi connectivity index (χ1) is 7.86. The molecule has 1 N–H and O–H groups in total. The molecule has 0 radical (unpaired) electrons. The Kier molecular flexibility index (Phi) is 3.63. The molecule has 86 valence electrons. The summed E-state index contributed by atoms with van der Waals surface area (Å²) in [4.78, 5) is 0. The zero-order valence-electron chi connectivity index (χ0n) is 9.42. The summed E-state index contributed by atoms with van der Waals surface area (Å²) < 4.78 is 5.89. The molecule has 0 spiro atoms. The van der Waals surface area contributed by atoms with Crippen molar-refractivity contribution in [1.82, 2.24) is 24.7 Å². The van der Waals surface area contributed by atoms with Crippen LogP contribution in [0, 0.1) is 0 Å². The lowest BCUT2D eigenvalue weighted by molar-refractivity contribution is 0.534. The van der Waals surface area contributed by atoms with Gasteiger partial charge in [-0.25, -0.2) is 0 Å². The smallest absolute Gasteiger partial charge is 0.0986 e. The van der Waals surface area contributed by atoms with Crippen LogP contribution in [-0.2, 0) is 6.54 Å². The molecule has 2 aromatic heterocycles. The van der Waals surface area contributed by atoms with Crippen molar-refractivity contribution >= 4 is 11.5 Å². The van der Waals surface area contributed by atoms with Crippen molar-refractivity contribution in [2.75, 3.05) is 6.54 Å². The maximum absolute atomic E-state index is 4.28. The van der Waals surface area contributed by atoms with Crippen molar-refractivity contribution in [3.63, 3.8) is 0 Å². The zero-order valence-corrected chi connectivity index (χ0v) is 10.2. The molecule has 0 aromatic carbocycles. The van der Waals surface area contributed by atoms with Gasteiger partial charge in [0.05, 0.1) is 17.4 Å². The van der Waals surface area contributed by atoms with E-state index in [1.165, 1.54) is 11.5 Å². The molecule has 1 atom stereocenters. The molecule has 2 heterocycles. The monoisotopic (exact) mass is 237 g/mol. The lowest BCUT2D eigenvalue weighted by Crippen LogP contribution is -2.25. The van der Waals surface area contributed by atoms with Gasteiger partial charge in [0, 0.05) is 18.1 Å². The maximum Gasteiger partial charge on any atom is 0.0986 e. The summed E-state index contributed by atoms with van der Waals surface area (Å²) in [7, 11) is 0. The van der Waals surface area contributed by atoms with E-state index in [0.29, 0.717) is 0 Å². The summed E-state index contributed by atoms with van der Waals surface area (Å²) in [6.07, 6.45) is 1.82. The van der Waals surface area contributed by atoms with Gasteiger partial charge in [-0.1, -0.05) is 11.4 Å². The third-order valence-corrected chi connectivity index (χ3v) is 2.95. The highest BCUT2D eigenvalue weighted by molar-refractivity contribution is 7.03. The highest BCUT2D eigenvalue weighted by Gasteiger charge is 2.19. The maximum atomic E-state index is 4.28. The molecule has 6 heteroatoms. The van der Waals surface area contributed by atoms with Crippen molar-refractivity contribution in [3.05, 3.63) is 29.0 Å². The summed E-state index contributed by atoms with van der Waals surface area (Å²) in [5.41, 5.74) is 2.10. The van der Waals surface area contributed by atoms with E-state index in [4.69, 9.17) is 0 Å². The number of rotatable bonds is 5. The number of nitrogens with one attached hydrogen (secondary N) is 1. The fourth-order valence-electron chi connectivity index (χ4n) is 1.71. The Bertz CT molecular complexity index is 422. The fraction of sp³-hybridized carbons (Fsp3) is 0.500. The molecule has 0 saturated carbocycles. The normalized spacial score (nSPS) is 12.9. The van der Waals surface area contributed by atoms with Gasteiger partial charge in [-0.2, -0.15) is 5.10 Å². The lowest BCUT2D eigenvalue weighted by atomic mass is 10.1. The molecule has 0 saturated heterocycles. The summed E-state index contributed by atoms with van der Waals surface area (Å²) in [6.45, 7) is 5.91. The molecule has 0 aliphatic heterocycles. The molecule has 5 nitrogen and oxygen atoms in total. The van der Waals surface area contributed by atoms with Gasteiger partial charge in [0.1, 0.15) is 0 Å². The molecule has 0 aliphatic rings. The van der Waals surface area contributed by atoms with Gasteiger partial charge in [0.25, 0.3) is 0 Å². The van der Waals surface area contributed by atoms with E-state index in [9.17, 15) is 0 Å². The molecule has 2 rings (SSSR count). The highest BCUT2D eigenvalue weighted by atomic mass is 32.1. The standard InChI is InChI=1S/C10H15N5S/c1-3-11-10(8-7-16-14-13-8)9-5-6-12-15(9)4-2/h5-7,10-11H,3-4H2,1-2H3. The summed E-state index contributed by atoms with van der Waals surface area (Å²) in [5.74, 6) is 0. The molecule has 16 heavy (non-hydrogen) atoms. The average molecular weight is 237 g/mol. The first-order valence-electron chi connectivity index (χ1n) is 5.38. The molecular formula is C10H15N5S. The molecule has 2 aromatic rings. The third kappa shape index (κ3) is 2.12. The third-order valence-electron chi connectivity index (χ3n) is 2.43. The first-order valence-corrected chi connectivity index (χ1v) is 6.22. The number of aryl methyl sites for hydroxylation is 1. The van der Waals surface area contributed by atoms with Crippen molar-refractivity contribution in [1.29, 1.82) is 0 Å². The average Bonchev–Trinajstić information content (AvgIpc) is 2.96.